The van der Waals surface area contributed by atoms with Crippen LogP contribution in [0.25, 0.3) is 0 Å². The van der Waals surface area contributed by atoms with E-state index in [1.165, 1.54) is 6.07 Å². The summed E-state index contributed by atoms with van der Waals surface area (Å²) in [5.74, 6) is 1.35. The summed E-state index contributed by atoms with van der Waals surface area (Å²) >= 11 is 0. The van der Waals surface area contributed by atoms with E-state index in [4.69, 9.17) is 18.6 Å². The minimum absolute atomic E-state index is 0.0504. The first-order chi connectivity index (χ1) is 14.6. The minimum Gasteiger partial charge on any atom is -0.494 e. The second kappa shape index (κ2) is 10.6. The first-order valence-corrected chi connectivity index (χ1v) is 9.35. The van der Waals surface area contributed by atoms with Crippen LogP contribution in [0.15, 0.2) is 71.1 Å². The van der Waals surface area contributed by atoms with E-state index in [1.807, 2.05) is 37.3 Å². The molecule has 0 aliphatic carbocycles. The van der Waals surface area contributed by atoms with Crippen molar-refractivity contribution in [1.82, 2.24) is 10.9 Å². The Hall–Kier alpha value is -3.94. The zero-order valence-electron chi connectivity index (χ0n) is 16.4. The molecule has 2 aromatic carbocycles. The summed E-state index contributed by atoms with van der Waals surface area (Å²) in [7, 11) is 0. The van der Waals surface area contributed by atoms with Crippen molar-refractivity contribution in [2.45, 2.75) is 13.5 Å². The summed E-state index contributed by atoms with van der Waals surface area (Å²) in [6.07, 6.45) is 0. The van der Waals surface area contributed by atoms with Gasteiger partial charge in [-0.1, -0.05) is 18.2 Å². The SMILES string of the molecule is CCOc1ccc(OCC(=O)NNC(=O)c2ccc(COc3ccccc3)o2)cc1. The van der Waals surface area contributed by atoms with Gasteiger partial charge in [-0.2, -0.15) is 0 Å². The van der Waals surface area contributed by atoms with Crippen LogP contribution in [0, 0.1) is 0 Å². The van der Waals surface area contributed by atoms with Gasteiger partial charge in [0.05, 0.1) is 6.61 Å². The second-order valence-corrected chi connectivity index (χ2v) is 6.06. The van der Waals surface area contributed by atoms with Crippen molar-refractivity contribution in [2.24, 2.45) is 0 Å². The number of hydrogen-bond acceptors (Lipinski definition) is 6. The van der Waals surface area contributed by atoms with Gasteiger partial charge in [-0.15, -0.1) is 0 Å². The summed E-state index contributed by atoms with van der Waals surface area (Å²) in [5.41, 5.74) is 4.55. The maximum Gasteiger partial charge on any atom is 0.305 e. The van der Waals surface area contributed by atoms with Crippen LogP contribution < -0.4 is 25.1 Å². The van der Waals surface area contributed by atoms with Crippen molar-refractivity contribution < 1.29 is 28.2 Å². The third kappa shape index (κ3) is 6.30. The summed E-state index contributed by atoms with van der Waals surface area (Å²) < 4.78 is 21.7. The fraction of sp³-hybridized carbons (Fsp3) is 0.182. The molecule has 30 heavy (non-hydrogen) atoms. The average molecular weight is 410 g/mol. The molecule has 156 valence electrons. The lowest BCUT2D eigenvalue weighted by Gasteiger charge is -2.09. The van der Waals surface area contributed by atoms with E-state index >= 15 is 0 Å². The van der Waals surface area contributed by atoms with Crippen LogP contribution in [-0.2, 0) is 11.4 Å². The zero-order chi connectivity index (χ0) is 21.2. The highest BCUT2D eigenvalue weighted by Gasteiger charge is 2.13. The minimum atomic E-state index is -0.588. The quantitative estimate of drug-likeness (QED) is 0.526. The molecule has 3 aromatic rings. The predicted molar refractivity (Wildman–Crippen MR) is 108 cm³/mol. The van der Waals surface area contributed by atoms with Crippen molar-refractivity contribution in [3.8, 4) is 17.2 Å². The first-order valence-electron chi connectivity index (χ1n) is 9.35. The zero-order valence-corrected chi connectivity index (χ0v) is 16.4. The number of rotatable bonds is 9. The van der Waals surface area contributed by atoms with Crippen LogP contribution in [0.3, 0.4) is 0 Å². The summed E-state index contributed by atoms with van der Waals surface area (Å²) in [6.45, 7) is 2.38. The maximum atomic E-state index is 12.1. The molecule has 2 amide bonds. The molecule has 0 aliphatic rings. The highest BCUT2D eigenvalue weighted by molar-refractivity contribution is 5.93. The standard InChI is InChI=1S/C22H22N2O6/c1-2-27-17-8-10-18(11-9-17)29-15-21(25)23-24-22(26)20-13-12-19(30-20)14-28-16-6-4-3-5-7-16/h3-13H,2,14-15H2,1H3,(H,23,25)(H,24,26). The molecule has 0 saturated carbocycles. The molecule has 0 unspecified atom stereocenters. The van der Waals surface area contributed by atoms with Crippen molar-refractivity contribution in [3.05, 3.63) is 78.3 Å². The first kappa shape index (κ1) is 20.8. The van der Waals surface area contributed by atoms with E-state index < -0.39 is 11.8 Å². The third-order valence-electron chi connectivity index (χ3n) is 3.83. The Morgan fingerprint density at radius 3 is 2.17 bits per heavy atom. The van der Waals surface area contributed by atoms with Crippen molar-refractivity contribution in [1.29, 1.82) is 0 Å². The predicted octanol–water partition coefficient (Wildman–Crippen LogP) is 3.10. The lowest BCUT2D eigenvalue weighted by Crippen LogP contribution is -2.43. The lowest BCUT2D eigenvalue weighted by atomic mass is 10.3. The molecule has 0 aliphatic heterocycles. The van der Waals surface area contributed by atoms with Gasteiger partial charge in [0, 0.05) is 0 Å². The Labute approximate surface area is 173 Å². The Morgan fingerprint density at radius 2 is 1.47 bits per heavy atom. The molecule has 0 radical (unpaired) electrons. The normalized spacial score (nSPS) is 10.2. The molecule has 0 saturated heterocycles. The number of benzene rings is 2. The lowest BCUT2D eigenvalue weighted by molar-refractivity contribution is -0.123. The largest absolute Gasteiger partial charge is 0.494 e. The Bertz CT molecular complexity index is 953. The second-order valence-electron chi connectivity index (χ2n) is 6.06. The average Bonchev–Trinajstić information content (AvgIpc) is 3.26. The van der Waals surface area contributed by atoms with E-state index in [0.29, 0.717) is 29.6 Å². The molecule has 1 aromatic heterocycles. The van der Waals surface area contributed by atoms with Gasteiger partial charge in [0.15, 0.2) is 12.4 Å². The maximum absolute atomic E-state index is 12.1. The molecular formula is C22H22N2O6. The van der Waals surface area contributed by atoms with Crippen LogP contribution in [-0.4, -0.2) is 25.0 Å². The molecule has 0 bridgehead atoms. The van der Waals surface area contributed by atoms with Crippen LogP contribution in [0.4, 0.5) is 0 Å². The van der Waals surface area contributed by atoms with Gasteiger partial charge in [-0.25, -0.2) is 0 Å². The summed E-state index contributed by atoms with van der Waals surface area (Å²) in [4.78, 5) is 24.0. The van der Waals surface area contributed by atoms with E-state index in [2.05, 4.69) is 10.9 Å². The Balaban J connectivity index is 1.39. The van der Waals surface area contributed by atoms with Gasteiger partial charge >= 0.3 is 5.91 Å². The van der Waals surface area contributed by atoms with Crippen molar-refractivity contribution in [2.75, 3.05) is 13.2 Å². The fourth-order valence-electron chi connectivity index (χ4n) is 2.42. The van der Waals surface area contributed by atoms with E-state index in [0.717, 1.165) is 0 Å². The Kier molecular flexibility index (Phi) is 7.32. The van der Waals surface area contributed by atoms with Gasteiger partial charge in [-0.3, -0.25) is 20.4 Å². The highest BCUT2D eigenvalue weighted by Crippen LogP contribution is 2.17. The highest BCUT2D eigenvalue weighted by atomic mass is 16.5. The number of para-hydroxylation sites is 1. The number of furan rings is 1. The topological polar surface area (TPSA) is 99.0 Å². The smallest absolute Gasteiger partial charge is 0.305 e. The number of hydrogen-bond donors (Lipinski definition) is 2. The Morgan fingerprint density at radius 1 is 0.800 bits per heavy atom. The molecule has 0 fully saturated rings. The summed E-state index contributed by atoms with van der Waals surface area (Å²) in [5, 5.41) is 0. The fourth-order valence-corrected chi connectivity index (χ4v) is 2.42. The van der Waals surface area contributed by atoms with Gasteiger partial charge in [0.2, 0.25) is 0 Å². The molecular weight excluding hydrogens is 388 g/mol. The monoisotopic (exact) mass is 410 g/mol. The molecule has 8 nitrogen and oxygen atoms in total. The molecule has 1 heterocycles. The number of nitrogens with one attached hydrogen (secondary N) is 2. The van der Waals surface area contributed by atoms with Crippen LogP contribution >= 0.6 is 0 Å². The molecule has 0 spiro atoms. The molecule has 0 atom stereocenters. The van der Waals surface area contributed by atoms with Gasteiger partial charge < -0.3 is 18.6 Å². The number of ether oxygens (including phenoxy) is 3. The van der Waals surface area contributed by atoms with Gasteiger partial charge in [-0.05, 0) is 55.5 Å². The number of carbonyl (C=O) groups excluding carboxylic acids is 2. The van der Waals surface area contributed by atoms with E-state index in [9.17, 15) is 9.59 Å². The summed E-state index contributed by atoms with van der Waals surface area (Å²) in [6, 6.07) is 19.3. The number of hydrazine groups is 1. The van der Waals surface area contributed by atoms with E-state index in [1.54, 1.807) is 30.3 Å². The van der Waals surface area contributed by atoms with E-state index in [-0.39, 0.29) is 19.0 Å². The molecule has 8 heteroatoms. The molecule has 2 N–H and O–H groups in total. The van der Waals surface area contributed by atoms with Crippen LogP contribution in [0.5, 0.6) is 17.2 Å². The van der Waals surface area contributed by atoms with Crippen molar-refractivity contribution >= 4 is 11.8 Å². The van der Waals surface area contributed by atoms with Gasteiger partial charge in [0.1, 0.15) is 29.6 Å². The molecule has 3 rings (SSSR count). The third-order valence-corrected chi connectivity index (χ3v) is 3.83. The van der Waals surface area contributed by atoms with Gasteiger partial charge in [0.25, 0.3) is 5.91 Å². The van der Waals surface area contributed by atoms with Crippen LogP contribution in [0.2, 0.25) is 0 Å². The number of carbonyl (C=O) groups is 2. The number of amides is 2. The van der Waals surface area contributed by atoms with Crippen LogP contribution in [0.1, 0.15) is 23.2 Å². The van der Waals surface area contributed by atoms with Crippen molar-refractivity contribution in [3.63, 3.8) is 0 Å².